The van der Waals surface area contributed by atoms with Gasteiger partial charge in [-0.25, -0.2) is 0 Å². The predicted molar refractivity (Wildman–Crippen MR) is 66.7 cm³/mol. The van der Waals surface area contributed by atoms with Crippen LogP contribution in [-0.4, -0.2) is 22.5 Å². The molecule has 1 amide bonds. The fourth-order valence-corrected chi connectivity index (χ4v) is 1.86. The second-order valence-electron chi connectivity index (χ2n) is 3.29. The van der Waals surface area contributed by atoms with Crippen molar-refractivity contribution in [3.8, 4) is 0 Å². The molecule has 0 aliphatic carbocycles. The third-order valence-electron chi connectivity index (χ3n) is 2.07. The molecule has 16 heavy (non-hydrogen) atoms. The maximum Gasteiger partial charge on any atom is 0.236 e. The van der Waals surface area contributed by atoms with E-state index in [1.165, 1.54) is 11.8 Å². The zero-order chi connectivity index (χ0) is 11.4. The first-order valence-electron chi connectivity index (χ1n) is 4.86. The minimum absolute atomic E-state index is 0.0173. The van der Waals surface area contributed by atoms with Crippen LogP contribution in [-0.2, 0) is 4.79 Å². The molecule has 4 nitrogen and oxygen atoms in total. The van der Waals surface area contributed by atoms with Crippen LogP contribution in [0.15, 0.2) is 40.5 Å². The molecule has 2 rings (SSSR count). The number of amides is 1. The van der Waals surface area contributed by atoms with Crippen LogP contribution in [0.5, 0.6) is 0 Å². The Bertz CT molecular complexity index is 454. The Hall–Kier alpha value is -1.62. The summed E-state index contributed by atoms with van der Waals surface area (Å²) in [6.07, 6.45) is 0. The number of thioether (sulfide) groups is 1. The van der Waals surface area contributed by atoms with Crippen LogP contribution in [0.3, 0.4) is 0 Å². The smallest absolute Gasteiger partial charge is 0.236 e. The molecule has 0 aromatic heterocycles. The number of hydrogen-bond acceptors (Lipinski definition) is 4. The van der Waals surface area contributed by atoms with E-state index in [2.05, 4.69) is 15.5 Å². The minimum atomic E-state index is -0.0173. The molecule has 1 fully saturated rings. The molecule has 82 valence electrons. The number of nitrogens with one attached hydrogen (secondary N) is 1. The van der Waals surface area contributed by atoms with Crippen molar-refractivity contribution in [1.29, 1.82) is 0 Å². The Kier molecular flexibility index (Phi) is 3.36. The predicted octanol–water partition coefficient (Wildman–Crippen LogP) is 1.63. The highest BCUT2D eigenvalue weighted by Crippen LogP contribution is 2.09. The van der Waals surface area contributed by atoms with Gasteiger partial charge in [-0.3, -0.25) is 4.79 Å². The summed E-state index contributed by atoms with van der Waals surface area (Å²) in [7, 11) is 0. The molecule has 1 saturated heterocycles. The monoisotopic (exact) mass is 233 g/mol. The van der Waals surface area contributed by atoms with E-state index in [1.807, 2.05) is 37.3 Å². The van der Waals surface area contributed by atoms with Crippen LogP contribution in [0, 0.1) is 0 Å². The minimum Gasteiger partial charge on any atom is -0.303 e. The Morgan fingerprint density at radius 3 is 2.75 bits per heavy atom. The molecule has 1 aliphatic rings. The maximum absolute atomic E-state index is 10.9. The van der Waals surface area contributed by atoms with Gasteiger partial charge in [0.05, 0.1) is 11.5 Å². The van der Waals surface area contributed by atoms with Gasteiger partial charge in [0, 0.05) is 0 Å². The van der Waals surface area contributed by atoms with Gasteiger partial charge < -0.3 is 5.32 Å². The lowest BCUT2D eigenvalue weighted by molar-refractivity contribution is -0.116. The molecule has 1 N–H and O–H groups in total. The molecule has 1 aliphatic heterocycles. The van der Waals surface area contributed by atoms with Crippen LogP contribution in [0.25, 0.3) is 0 Å². The van der Waals surface area contributed by atoms with Crippen molar-refractivity contribution in [1.82, 2.24) is 5.32 Å². The van der Waals surface area contributed by atoms with E-state index in [0.717, 1.165) is 11.3 Å². The van der Waals surface area contributed by atoms with Gasteiger partial charge in [0.2, 0.25) is 5.91 Å². The summed E-state index contributed by atoms with van der Waals surface area (Å²) in [6, 6.07) is 9.80. The van der Waals surface area contributed by atoms with E-state index in [4.69, 9.17) is 0 Å². The highest BCUT2D eigenvalue weighted by Gasteiger charge is 2.16. The van der Waals surface area contributed by atoms with Crippen molar-refractivity contribution in [2.24, 2.45) is 10.2 Å². The summed E-state index contributed by atoms with van der Waals surface area (Å²) in [6.45, 7) is 1.89. The van der Waals surface area contributed by atoms with Crippen LogP contribution >= 0.6 is 11.8 Å². The first kappa shape index (κ1) is 10.9. The van der Waals surface area contributed by atoms with Gasteiger partial charge in [0.1, 0.15) is 0 Å². The van der Waals surface area contributed by atoms with Crippen molar-refractivity contribution < 1.29 is 4.79 Å². The molecule has 0 spiro atoms. The van der Waals surface area contributed by atoms with Gasteiger partial charge in [-0.1, -0.05) is 42.1 Å². The van der Waals surface area contributed by atoms with Crippen LogP contribution in [0.1, 0.15) is 12.5 Å². The van der Waals surface area contributed by atoms with E-state index < -0.39 is 0 Å². The molecule has 0 saturated carbocycles. The lowest BCUT2D eigenvalue weighted by Crippen LogP contribution is -2.19. The van der Waals surface area contributed by atoms with Crippen molar-refractivity contribution >= 4 is 28.5 Å². The zero-order valence-electron chi connectivity index (χ0n) is 8.80. The van der Waals surface area contributed by atoms with E-state index in [0.29, 0.717) is 10.9 Å². The van der Waals surface area contributed by atoms with Crippen molar-refractivity contribution in [3.05, 3.63) is 35.9 Å². The van der Waals surface area contributed by atoms with Gasteiger partial charge in [-0.05, 0) is 12.5 Å². The number of carbonyl (C=O) groups excluding carboxylic acids is 1. The second kappa shape index (κ2) is 4.94. The SMILES string of the molecule is C/C(=N/N=C1NC(=O)CS1)c1ccccc1. The topological polar surface area (TPSA) is 53.8 Å². The van der Waals surface area contributed by atoms with Crippen molar-refractivity contribution in [2.75, 3.05) is 5.75 Å². The van der Waals surface area contributed by atoms with Gasteiger partial charge in [-0.2, -0.15) is 5.10 Å². The molecule has 1 aromatic carbocycles. The summed E-state index contributed by atoms with van der Waals surface area (Å²) < 4.78 is 0. The summed E-state index contributed by atoms with van der Waals surface area (Å²) in [5.41, 5.74) is 1.86. The Morgan fingerprint density at radius 1 is 1.38 bits per heavy atom. The molecule has 0 radical (unpaired) electrons. The Labute approximate surface area is 97.8 Å². The Morgan fingerprint density at radius 2 is 2.12 bits per heavy atom. The summed E-state index contributed by atoms with van der Waals surface area (Å²) in [4.78, 5) is 10.9. The number of hydrogen-bond donors (Lipinski definition) is 1. The first-order chi connectivity index (χ1) is 7.75. The van der Waals surface area contributed by atoms with Crippen LogP contribution in [0.2, 0.25) is 0 Å². The lowest BCUT2D eigenvalue weighted by Gasteiger charge is -1.97. The Balaban J connectivity index is 2.11. The van der Waals surface area contributed by atoms with E-state index in [-0.39, 0.29) is 5.91 Å². The molecule has 0 bridgehead atoms. The number of amidine groups is 1. The quantitative estimate of drug-likeness (QED) is 0.623. The van der Waals surface area contributed by atoms with Crippen molar-refractivity contribution in [3.63, 3.8) is 0 Å². The van der Waals surface area contributed by atoms with Crippen molar-refractivity contribution in [2.45, 2.75) is 6.92 Å². The summed E-state index contributed by atoms with van der Waals surface area (Å²) in [5.74, 6) is 0.412. The third-order valence-corrected chi connectivity index (χ3v) is 2.93. The van der Waals surface area contributed by atoms with E-state index >= 15 is 0 Å². The first-order valence-corrected chi connectivity index (χ1v) is 5.84. The molecule has 1 heterocycles. The molecule has 5 heteroatoms. The zero-order valence-corrected chi connectivity index (χ0v) is 9.62. The third kappa shape index (κ3) is 2.70. The second-order valence-corrected chi connectivity index (χ2v) is 4.26. The maximum atomic E-state index is 10.9. The normalized spacial score (nSPS) is 18.9. The molecule has 0 unspecified atom stereocenters. The number of benzene rings is 1. The lowest BCUT2D eigenvalue weighted by atomic mass is 10.1. The largest absolute Gasteiger partial charge is 0.303 e. The fourth-order valence-electron chi connectivity index (χ4n) is 1.24. The highest BCUT2D eigenvalue weighted by atomic mass is 32.2. The van der Waals surface area contributed by atoms with Gasteiger partial charge in [0.15, 0.2) is 5.17 Å². The number of rotatable bonds is 2. The van der Waals surface area contributed by atoms with Crippen LogP contribution in [0.4, 0.5) is 0 Å². The van der Waals surface area contributed by atoms with E-state index in [9.17, 15) is 4.79 Å². The average molecular weight is 233 g/mol. The summed E-state index contributed by atoms with van der Waals surface area (Å²) in [5, 5.41) is 11.3. The summed E-state index contributed by atoms with van der Waals surface area (Å²) >= 11 is 1.37. The standard InChI is InChI=1S/C11H11N3OS/c1-8(9-5-3-2-4-6-9)13-14-11-12-10(15)7-16-11/h2-6H,7H2,1H3,(H,12,14,15)/b13-8-. The molecular formula is C11H11N3OS. The van der Waals surface area contributed by atoms with Gasteiger partial charge >= 0.3 is 0 Å². The van der Waals surface area contributed by atoms with Crippen LogP contribution < -0.4 is 5.32 Å². The molecule has 1 aromatic rings. The number of nitrogens with zero attached hydrogens (tertiary/aromatic N) is 2. The average Bonchev–Trinajstić information content (AvgIpc) is 2.73. The van der Waals surface area contributed by atoms with Gasteiger partial charge in [-0.15, -0.1) is 5.10 Å². The fraction of sp³-hybridized carbons (Fsp3) is 0.182. The van der Waals surface area contributed by atoms with E-state index in [1.54, 1.807) is 0 Å². The van der Waals surface area contributed by atoms with Gasteiger partial charge in [0.25, 0.3) is 0 Å². The molecule has 0 atom stereocenters. The molecular weight excluding hydrogens is 222 g/mol. The number of carbonyl (C=O) groups is 1. The highest BCUT2D eigenvalue weighted by molar-refractivity contribution is 8.15.